The summed E-state index contributed by atoms with van der Waals surface area (Å²) >= 11 is 0. The molecule has 0 spiro atoms. The van der Waals surface area contributed by atoms with E-state index in [2.05, 4.69) is 5.32 Å². The van der Waals surface area contributed by atoms with Gasteiger partial charge in [0.25, 0.3) is 5.69 Å². The lowest BCUT2D eigenvalue weighted by atomic mass is 10.2. The van der Waals surface area contributed by atoms with E-state index in [1.165, 1.54) is 37.1 Å². The van der Waals surface area contributed by atoms with Gasteiger partial charge in [-0.1, -0.05) is 0 Å². The average molecular weight is 362 g/mol. The minimum Gasteiger partial charge on any atom is -0.495 e. The van der Waals surface area contributed by atoms with Gasteiger partial charge in [0.05, 0.1) is 17.7 Å². The minimum absolute atomic E-state index is 0. The van der Waals surface area contributed by atoms with E-state index in [0.717, 1.165) is 0 Å². The zero-order valence-electron chi connectivity index (χ0n) is 13.5. The van der Waals surface area contributed by atoms with Crippen molar-refractivity contribution in [3.63, 3.8) is 0 Å². The summed E-state index contributed by atoms with van der Waals surface area (Å²) in [5, 5.41) is 22.2. The molecule has 0 aliphatic rings. The Hall–Kier alpha value is -2.39. The Morgan fingerprint density at radius 3 is 2.58 bits per heavy atom. The molecule has 0 aliphatic carbocycles. The summed E-state index contributed by atoms with van der Waals surface area (Å²) in [5.41, 5.74) is 0.0263. The summed E-state index contributed by atoms with van der Waals surface area (Å²) in [6.07, 6.45) is 0.0416. The maximum Gasteiger partial charge on any atom is 0.320 e. The predicted molar refractivity (Wildman–Crippen MR) is 89.9 cm³/mol. The number of nitrogens with one attached hydrogen (secondary N) is 1. The molecule has 24 heavy (non-hydrogen) atoms. The normalized spacial score (nSPS) is 11.3. The van der Waals surface area contributed by atoms with Crippen molar-refractivity contribution < 1.29 is 24.4 Å². The molecule has 9 nitrogen and oxygen atoms in total. The van der Waals surface area contributed by atoms with Gasteiger partial charge in [-0.3, -0.25) is 24.6 Å². The van der Waals surface area contributed by atoms with E-state index < -0.39 is 22.8 Å². The number of non-ortho nitro benzene ring substituents is 1. The van der Waals surface area contributed by atoms with Crippen molar-refractivity contribution in [1.29, 1.82) is 0 Å². The standard InChI is InChI=1S/C14H19N3O6.ClH/c1-9(14(19)20)16(2)7-6-13(18)15-11-8-10(17(21)22)4-5-12(11)23-3;/h4-5,8-9H,6-7H2,1-3H3,(H,15,18)(H,19,20);1H. The van der Waals surface area contributed by atoms with Gasteiger partial charge in [-0.15, -0.1) is 12.4 Å². The Labute approximate surface area is 145 Å². The van der Waals surface area contributed by atoms with E-state index in [4.69, 9.17) is 9.84 Å². The van der Waals surface area contributed by atoms with Crippen LogP contribution >= 0.6 is 12.4 Å². The van der Waals surface area contributed by atoms with Crippen LogP contribution in [-0.4, -0.2) is 53.6 Å². The molecule has 1 unspecified atom stereocenters. The maximum absolute atomic E-state index is 11.9. The third-order valence-corrected chi connectivity index (χ3v) is 3.38. The van der Waals surface area contributed by atoms with Crippen molar-refractivity contribution in [1.82, 2.24) is 4.90 Å². The van der Waals surface area contributed by atoms with Crippen molar-refractivity contribution in [2.24, 2.45) is 0 Å². The molecule has 0 aliphatic heterocycles. The fourth-order valence-corrected chi connectivity index (χ4v) is 1.78. The van der Waals surface area contributed by atoms with Gasteiger partial charge < -0.3 is 15.2 Å². The number of carbonyl (C=O) groups excluding carboxylic acids is 1. The van der Waals surface area contributed by atoms with Gasteiger partial charge in [0.15, 0.2) is 0 Å². The van der Waals surface area contributed by atoms with E-state index in [9.17, 15) is 19.7 Å². The fraction of sp³-hybridized carbons (Fsp3) is 0.429. The number of carbonyl (C=O) groups is 2. The number of carboxylic acid groups (broad SMARTS) is 1. The van der Waals surface area contributed by atoms with Crippen LogP contribution in [0, 0.1) is 10.1 Å². The number of aliphatic carboxylic acids is 1. The van der Waals surface area contributed by atoms with Crippen LogP contribution in [0.2, 0.25) is 0 Å². The summed E-state index contributed by atoms with van der Waals surface area (Å²) in [6.45, 7) is 1.75. The number of hydrogen-bond donors (Lipinski definition) is 2. The minimum atomic E-state index is -0.978. The number of anilines is 1. The molecule has 0 aromatic heterocycles. The summed E-state index contributed by atoms with van der Waals surface area (Å²) in [5.74, 6) is -1.07. The van der Waals surface area contributed by atoms with Crippen molar-refractivity contribution in [3.05, 3.63) is 28.3 Å². The highest BCUT2D eigenvalue weighted by Crippen LogP contribution is 2.28. The number of nitro benzene ring substituents is 1. The highest BCUT2D eigenvalue weighted by atomic mass is 35.5. The number of methoxy groups -OCH3 is 1. The number of amides is 1. The molecule has 1 aromatic rings. The lowest BCUT2D eigenvalue weighted by molar-refractivity contribution is -0.384. The Morgan fingerprint density at radius 1 is 1.46 bits per heavy atom. The molecular formula is C14H20ClN3O6. The number of ether oxygens (including phenoxy) is 1. The number of hydrogen-bond acceptors (Lipinski definition) is 6. The smallest absolute Gasteiger partial charge is 0.320 e. The predicted octanol–water partition coefficient (Wildman–Crippen LogP) is 1.76. The molecule has 1 amide bonds. The number of benzene rings is 1. The summed E-state index contributed by atoms with van der Waals surface area (Å²) in [7, 11) is 2.99. The molecule has 0 saturated heterocycles. The lowest BCUT2D eigenvalue weighted by Gasteiger charge is -2.20. The summed E-state index contributed by atoms with van der Waals surface area (Å²) in [6, 6.07) is 3.17. The Morgan fingerprint density at radius 2 is 2.08 bits per heavy atom. The molecule has 134 valence electrons. The van der Waals surface area contributed by atoms with Crippen LogP contribution in [0.5, 0.6) is 5.75 Å². The van der Waals surface area contributed by atoms with E-state index in [1.54, 1.807) is 7.05 Å². The molecule has 0 bridgehead atoms. The third kappa shape index (κ3) is 6.01. The monoisotopic (exact) mass is 361 g/mol. The van der Waals surface area contributed by atoms with Crippen LogP contribution in [0.3, 0.4) is 0 Å². The summed E-state index contributed by atoms with van der Waals surface area (Å²) < 4.78 is 5.05. The molecule has 1 rings (SSSR count). The van der Waals surface area contributed by atoms with E-state index in [1.807, 2.05) is 0 Å². The summed E-state index contributed by atoms with van der Waals surface area (Å²) in [4.78, 5) is 34.5. The second-order valence-electron chi connectivity index (χ2n) is 4.93. The van der Waals surface area contributed by atoms with Crippen LogP contribution in [-0.2, 0) is 9.59 Å². The molecule has 1 atom stereocenters. The highest BCUT2D eigenvalue weighted by Gasteiger charge is 2.18. The van der Waals surface area contributed by atoms with Gasteiger partial charge in [0, 0.05) is 25.1 Å². The molecule has 0 radical (unpaired) electrons. The Balaban J connectivity index is 0.00000529. The van der Waals surface area contributed by atoms with Crippen LogP contribution in [0.4, 0.5) is 11.4 Å². The molecule has 0 fully saturated rings. The third-order valence-electron chi connectivity index (χ3n) is 3.38. The van der Waals surface area contributed by atoms with Gasteiger partial charge in [-0.2, -0.15) is 0 Å². The first-order valence-electron chi connectivity index (χ1n) is 6.81. The molecule has 2 N–H and O–H groups in total. The SMILES string of the molecule is COc1ccc([N+](=O)[O-])cc1NC(=O)CCN(C)C(C)C(=O)O.Cl. The van der Waals surface area contributed by atoms with E-state index in [-0.39, 0.29) is 36.7 Å². The van der Waals surface area contributed by atoms with Gasteiger partial charge >= 0.3 is 5.97 Å². The molecule has 0 heterocycles. The van der Waals surface area contributed by atoms with Crippen LogP contribution in [0.15, 0.2) is 18.2 Å². The average Bonchev–Trinajstić information content (AvgIpc) is 2.51. The van der Waals surface area contributed by atoms with Gasteiger partial charge in [0.1, 0.15) is 11.8 Å². The molecule has 0 saturated carbocycles. The van der Waals surface area contributed by atoms with Crippen LogP contribution in [0.1, 0.15) is 13.3 Å². The van der Waals surface area contributed by atoms with Gasteiger partial charge in [-0.05, 0) is 20.0 Å². The Kier molecular flexibility index (Phi) is 8.72. The molecule has 10 heteroatoms. The van der Waals surface area contributed by atoms with Crippen LogP contribution < -0.4 is 10.1 Å². The number of likely N-dealkylation sites (N-methyl/N-ethyl adjacent to an activating group) is 1. The van der Waals surface area contributed by atoms with Gasteiger partial charge in [-0.25, -0.2) is 0 Å². The maximum atomic E-state index is 11.9. The zero-order valence-corrected chi connectivity index (χ0v) is 14.3. The van der Waals surface area contributed by atoms with Crippen molar-refractivity contribution in [2.45, 2.75) is 19.4 Å². The number of rotatable bonds is 8. The number of carboxylic acids is 1. The molecular weight excluding hydrogens is 342 g/mol. The van der Waals surface area contributed by atoms with E-state index >= 15 is 0 Å². The zero-order chi connectivity index (χ0) is 17.6. The topological polar surface area (TPSA) is 122 Å². The highest BCUT2D eigenvalue weighted by molar-refractivity contribution is 5.92. The fourth-order valence-electron chi connectivity index (χ4n) is 1.78. The Bertz CT molecular complexity index is 610. The first-order valence-corrected chi connectivity index (χ1v) is 6.81. The van der Waals surface area contributed by atoms with Crippen molar-refractivity contribution >= 4 is 35.7 Å². The van der Waals surface area contributed by atoms with Crippen LogP contribution in [0.25, 0.3) is 0 Å². The second-order valence-corrected chi connectivity index (χ2v) is 4.93. The van der Waals surface area contributed by atoms with Crippen molar-refractivity contribution in [3.8, 4) is 5.75 Å². The first kappa shape index (κ1) is 21.6. The lowest BCUT2D eigenvalue weighted by Crippen LogP contribution is -2.37. The largest absolute Gasteiger partial charge is 0.495 e. The second kappa shape index (κ2) is 9.68. The quantitative estimate of drug-likeness (QED) is 0.534. The van der Waals surface area contributed by atoms with Gasteiger partial charge in [0.2, 0.25) is 5.91 Å². The molecule has 1 aromatic carbocycles. The van der Waals surface area contributed by atoms with E-state index in [0.29, 0.717) is 5.75 Å². The van der Waals surface area contributed by atoms with Crippen molar-refractivity contribution in [2.75, 3.05) is 26.0 Å². The number of nitrogens with zero attached hydrogens (tertiary/aromatic N) is 2. The first-order chi connectivity index (χ1) is 10.8. The number of nitro groups is 1. The number of halogens is 1.